The van der Waals surface area contributed by atoms with E-state index in [1.54, 1.807) is 25.3 Å². The lowest BCUT2D eigenvalue weighted by Crippen LogP contribution is -2.40. The molecule has 0 saturated carbocycles. The highest BCUT2D eigenvalue weighted by molar-refractivity contribution is 6.04. The van der Waals surface area contributed by atoms with Gasteiger partial charge >= 0.3 is 0 Å². The van der Waals surface area contributed by atoms with Gasteiger partial charge in [0.2, 0.25) is 5.91 Å². The van der Waals surface area contributed by atoms with Crippen LogP contribution in [0, 0.1) is 12.7 Å². The lowest BCUT2D eigenvalue weighted by molar-refractivity contribution is -0.131. The van der Waals surface area contributed by atoms with E-state index < -0.39 is 0 Å². The summed E-state index contributed by atoms with van der Waals surface area (Å²) in [7, 11) is 0. The molecule has 0 bridgehead atoms. The standard InChI is InChI=1S/C25H25FN4O2/c1-17-22(25(32)29-21-7-3-2-4-8-21)15-27-24(28-17)19-6-5-13-30(16-19)23(31)14-18-9-11-20(26)12-10-18/h2-4,7-12,15,19H,5-6,13-14,16H2,1H3,(H,29,32). The minimum Gasteiger partial charge on any atom is -0.342 e. The largest absolute Gasteiger partial charge is 0.342 e. The molecule has 1 fully saturated rings. The van der Waals surface area contributed by atoms with E-state index in [9.17, 15) is 14.0 Å². The number of hydrogen-bond acceptors (Lipinski definition) is 4. The summed E-state index contributed by atoms with van der Waals surface area (Å²) in [6.07, 6.45) is 3.55. The van der Waals surface area contributed by atoms with Crippen LogP contribution in [-0.2, 0) is 11.2 Å². The Hall–Kier alpha value is -3.61. The predicted molar refractivity (Wildman–Crippen MR) is 120 cm³/mol. The van der Waals surface area contributed by atoms with Crippen LogP contribution in [0.25, 0.3) is 0 Å². The van der Waals surface area contributed by atoms with Gasteiger partial charge in [-0.15, -0.1) is 0 Å². The van der Waals surface area contributed by atoms with Crippen molar-refractivity contribution in [2.24, 2.45) is 0 Å². The summed E-state index contributed by atoms with van der Waals surface area (Å²) in [4.78, 5) is 36.2. The summed E-state index contributed by atoms with van der Waals surface area (Å²) < 4.78 is 13.1. The topological polar surface area (TPSA) is 75.2 Å². The van der Waals surface area contributed by atoms with Gasteiger partial charge in [-0.1, -0.05) is 30.3 Å². The average molecular weight is 432 g/mol. The van der Waals surface area contributed by atoms with Crippen molar-refractivity contribution in [2.75, 3.05) is 18.4 Å². The molecule has 2 heterocycles. The molecule has 2 aromatic carbocycles. The van der Waals surface area contributed by atoms with Crippen molar-refractivity contribution < 1.29 is 14.0 Å². The maximum atomic E-state index is 13.1. The van der Waals surface area contributed by atoms with Crippen molar-refractivity contribution in [1.29, 1.82) is 0 Å². The van der Waals surface area contributed by atoms with E-state index in [-0.39, 0.29) is 30.0 Å². The van der Waals surface area contributed by atoms with Gasteiger partial charge in [0, 0.05) is 30.9 Å². The highest BCUT2D eigenvalue weighted by Crippen LogP contribution is 2.25. The quantitative estimate of drug-likeness (QED) is 0.658. The second-order valence-corrected chi connectivity index (χ2v) is 8.03. The second kappa shape index (κ2) is 9.68. The van der Waals surface area contributed by atoms with Gasteiger partial charge in [-0.3, -0.25) is 9.59 Å². The maximum absolute atomic E-state index is 13.1. The van der Waals surface area contributed by atoms with Crippen molar-refractivity contribution in [3.05, 3.63) is 89.3 Å². The zero-order valence-corrected chi connectivity index (χ0v) is 17.9. The first-order valence-electron chi connectivity index (χ1n) is 10.7. The Morgan fingerprint density at radius 3 is 2.59 bits per heavy atom. The Balaban J connectivity index is 1.41. The van der Waals surface area contributed by atoms with Crippen molar-refractivity contribution in [3.8, 4) is 0 Å². The number of likely N-dealkylation sites (tertiary alicyclic amines) is 1. The van der Waals surface area contributed by atoms with Gasteiger partial charge in [0.15, 0.2) is 0 Å². The van der Waals surface area contributed by atoms with E-state index >= 15 is 0 Å². The first-order chi connectivity index (χ1) is 15.5. The van der Waals surface area contributed by atoms with Crippen LogP contribution in [-0.4, -0.2) is 39.8 Å². The monoisotopic (exact) mass is 432 g/mol. The van der Waals surface area contributed by atoms with Crippen LogP contribution in [0.3, 0.4) is 0 Å². The van der Waals surface area contributed by atoms with E-state index in [0.29, 0.717) is 35.9 Å². The van der Waals surface area contributed by atoms with Crippen LogP contribution in [0.1, 0.15) is 46.2 Å². The van der Waals surface area contributed by atoms with Gasteiger partial charge in [0.25, 0.3) is 5.91 Å². The summed E-state index contributed by atoms with van der Waals surface area (Å²) in [6.45, 7) is 3.02. The number of hydrogen-bond donors (Lipinski definition) is 1. The van der Waals surface area contributed by atoms with E-state index in [1.807, 2.05) is 35.2 Å². The molecule has 0 aliphatic carbocycles. The fourth-order valence-corrected chi connectivity index (χ4v) is 3.93. The zero-order chi connectivity index (χ0) is 22.5. The molecule has 1 aromatic heterocycles. The van der Waals surface area contributed by atoms with Crippen LogP contribution in [0.2, 0.25) is 0 Å². The first-order valence-corrected chi connectivity index (χ1v) is 10.7. The van der Waals surface area contributed by atoms with Gasteiger partial charge in [-0.2, -0.15) is 0 Å². The lowest BCUT2D eigenvalue weighted by Gasteiger charge is -2.32. The summed E-state index contributed by atoms with van der Waals surface area (Å²) in [5, 5.41) is 2.85. The molecule has 1 saturated heterocycles. The van der Waals surface area contributed by atoms with Crippen LogP contribution in [0.4, 0.5) is 10.1 Å². The molecule has 1 atom stereocenters. The first kappa shape index (κ1) is 21.6. The molecule has 1 N–H and O–H groups in total. The molecule has 4 rings (SSSR count). The normalized spacial score (nSPS) is 15.9. The Bertz CT molecular complexity index is 1100. The van der Waals surface area contributed by atoms with Crippen LogP contribution in [0.5, 0.6) is 0 Å². The zero-order valence-electron chi connectivity index (χ0n) is 17.9. The molecule has 32 heavy (non-hydrogen) atoms. The fourth-order valence-electron chi connectivity index (χ4n) is 3.93. The van der Waals surface area contributed by atoms with Crippen LogP contribution >= 0.6 is 0 Å². The van der Waals surface area contributed by atoms with E-state index in [4.69, 9.17) is 0 Å². The molecular weight excluding hydrogens is 407 g/mol. The Kier molecular flexibility index (Phi) is 6.54. The minimum absolute atomic E-state index is 0.0110. The third-order valence-corrected chi connectivity index (χ3v) is 5.68. The third kappa shape index (κ3) is 5.17. The van der Waals surface area contributed by atoms with Crippen molar-refractivity contribution in [1.82, 2.24) is 14.9 Å². The van der Waals surface area contributed by atoms with Crippen molar-refractivity contribution in [3.63, 3.8) is 0 Å². The average Bonchev–Trinajstić information content (AvgIpc) is 2.81. The van der Waals surface area contributed by atoms with Crippen LogP contribution < -0.4 is 5.32 Å². The van der Waals surface area contributed by atoms with Gasteiger partial charge in [0.05, 0.1) is 17.7 Å². The molecule has 2 amide bonds. The number of piperidine rings is 1. The number of rotatable bonds is 5. The fraction of sp³-hybridized carbons (Fsp3) is 0.280. The molecule has 0 spiro atoms. The number of carbonyl (C=O) groups excluding carboxylic acids is 2. The van der Waals surface area contributed by atoms with E-state index in [0.717, 1.165) is 18.4 Å². The number of carbonyl (C=O) groups is 2. The SMILES string of the molecule is Cc1nc(C2CCCN(C(=O)Cc3ccc(F)cc3)C2)ncc1C(=O)Nc1ccccc1. The third-order valence-electron chi connectivity index (χ3n) is 5.68. The van der Waals surface area contributed by atoms with Gasteiger partial charge in [0.1, 0.15) is 11.6 Å². The number of halogens is 1. The molecule has 6 nitrogen and oxygen atoms in total. The highest BCUT2D eigenvalue weighted by atomic mass is 19.1. The van der Waals surface area contributed by atoms with E-state index in [1.165, 1.54) is 12.1 Å². The number of nitrogens with one attached hydrogen (secondary N) is 1. The maximum Gasteiger partial charge on any atom is 0.259 e. The van der Waals surface area contributed by atoms with Gasteiger partial charge in [-0.05, 0) is 49.6 Å². The Morgan fingerprint density at radius 1 is 1.12 bits per heavy atom. The molecule has 1 aliphatic heterocycles. The van der Waals surface area contributed by atoms with E-state index in [2.05, 4.69) is 15.3 Å². The number of amides is 2. The summed E-state index contributed by atoms with van der Waals surface area (Å²) in [5.74, 6) is 0.119. The summed E-state index contributed by atoms with van der Waals surface area (Å²) in [6, 6.07) is 15.3. The molecule has 0 radical (unpaired) electrons. The number of aromatic nitrogens is 2. The Morgan fingerprint density at radius 2 is 1.88 bits per heavy atom. The smallest absolute Gasteiger partial charge is 0.259 e. The van der Waals surface area contributed by atoms with Crippen LogP contribution in [0.15, 0.2) is 60.8 Å². The van der Waals surface area contributed by atoms with Crippen molar-refractivity contribution >= 4 is 17.5 Å². The van der Waals surface area contributed by atoms with Crippen molar-refractivity contribution in [2.45, 2.75) is 32.1 Å². The number of benzene rings is 2. The number of aryl methyl sites for hydroxylation is 1. The lowest BCUT2D eigenvalue weighted by atomic mass is 9.96. The molecule has 3 aromatic rings. The van der Waals surface area contributed by atoms with Gasteiger partial charge in [-0.25, -0.2) is 14.4 Å². The molecule has 1 aliphatic rings. The summed E-state index contributed by atoms with van der Waals surface area (Å²) >= 11 is 0. The number of nitrogens with zero attached hydrogens (tertiary/aromatic N) is 3. The molecule has 1 unspecified atom stereocenters. The predicted octanol–water partition coefficient (Wildman–Crippen LogP) is 4.13. The highest BCUT2D eigenvalue weighted by Gasteiger charge is 2.27. The number of para-hydroxylation sites is 1. The minimum atomic E-state index is -0.312. The molecule has 7 heteroatoms. The van der Waals surface area contributed by atoms with Gasteiger partial charge < -0.3 is 10.2 Å². The number of anilines is 1. The molecular formula is C25H25FN4O2. The molecule has 164 valence electrons. The Labute approximate surface area is 186 Å². The summed E-state index contributed by atoms with van der Waals surface area (Å²) in [5.41, 5.74) is 2.54. The second-order valence-electron chi connectivity index (χ2n) is 8.03.